The van der Waals surface area contributed by atoms with E-state index in [2.05, 4.69) is 15.6 Å². The molecule has 2 amide bonds. The monoisotopic (exact) mass is 409 g/mol. The van der Waals surface area contributed by atoms with Gasteiger partial charge in [-0.15, -0.1) is 11.3 Å². The van der Waals surface area contributed by atoms with E-state index < -0.39 is 5.54 Å². The summed E-state index contributed by atoms with van der Waals surface area (Å²) in [6.07, 6.45) is 4.36. The Bertz CT molecular complexity index is 968. The standard InChI is InChI=1S/C22H23N3O3S/c26-19(23-14-17-15-29-21(24-17)16-5-2-1-3-6-16)8-10-22(11-9-20(27)25-22)13-18-7-4-12-28-18/h1-7,12,15H,8-11,13-14H2,(H,23,26)(H,25,27). The predicted octanol–water partition coefficient (Wildman–Crippen LogP) is 3.69. The molecule has 3 aromatic rings. The molecule has 0 aliphatic carbocycles. The van der Waals surface area contributed by atoms with Gasteiger partial charge in [0.05, 0.1) is 18.5 Å². The normalized spacial score (nSPS) is 18.6. The van der Waals surface area contributed by atoms with Crippen molar-refractivity contribution in [2.75, 3.05) is 0 Å². The van der Waals surface area contributed by atoms with Crippen molar-refractivity contribution in [1.82, 2.24) is 15.6 Å². The highest BCUT2D eigenvalue weighted by Crippen LogP contribution is 2.30. The molecule has 1 aromatic carbocycles. The van der Waals surface area contributed by atoms with Crippen molar-refractivity contribution >= 4 is 23.2 Å². The Hall–Kier alpha value is -2.93. The fraction of sp³-hybridized carbons (Fsp3) is 0.318. The molecule has 0 radical (unpaired) electrons. The highest BCUT2D eigenvalue weighted by Gasteiger charge is 2.38. The molecular weight excluding hydrogens is 386 g/mol. The molecule has 0 bridgehead atoms. The largest absolute Gasteiger partial charge is 0.469 e. The number of aromatic nitrogens is 1. The zero-order valence-electron chi connectivity index (χ0n) is 16.0. The van der Waals surface area contributed by atoms with Gasteiger partial charge in [0.2, 0.25) is 11.8 Å². The molecule has 1 saturated heterocycles. The SMILES string of the molecule is O=C(CCC1(Cc2ccco2)CCC(=O)N1)NCc1csc(-c2ccccc2)n1. The van der Waals surface area contributed by atoms with Crippen molar-refractivity contribution < 1.29 is 14.0 Å². The number of carbonyl (C=O) groups excluding carboxylic acids is 2. The van der Waals surface area contributed by atoms with Crippen molar-refractivity contribution in [3.63, 3.8) is 0 Å². The first-order chi connectivity index (χ1) is 14.1. The van der Waals surface area contributed by atoms with Crippen molar-refractivity contribution in [3.8, 4) is 10.6 Å². The molecule has 1 unspecified atom stereocenters. The third-order valence-corrected chi connectivity index (χ3v) is 6.14. The van der Waals surface area contributed by atoms with E-state index in [1.807, 2.05) is 47.8 Å². The van der Waals surface area contributed by atoms with Crippen LogP contribution in [0.3, 0.4) is 0 Å². The van der Waals surface area contributed by atoms with E-state index in [1.165, 1.54) is 0 Å². The van der Waals surface area contributed by atoms with Gasteiger partial charge in [0.1, 0.15) is 10.8 Å². The minimum atomic E-state index is -0.409. The maximum atomic E-state index is 12.4. The summed E-state index contributed by atoms with van der Waals surface area (Å²) in [4.78, 5) is 28.8. The Morgan fingerprint density at radius 2 is 2.10 bits per heavy atom. The van der Waals surface area contributed by atoms with Crippen LogP contribution in [0.1, 0.15) is 37.1 Å². The van der Waals surface area contributed by atoms with Gasteiger partial charge >= 0.3 is 0 Å². The van der Waals surface area contributed by atoms with Gasteiger partial charge in [0.25, 0.3) is 0 Å². The van der Waals surface area contributed by atoms with E-state index in [0.29, 0.717) is 38.6 Å². The summed E-state index contributed by atoms with van der Waals surface area (Å²) in [6, 6.07) is 13.7. The van der Waals surface area contributed by atoms with Crippen LogP contribution in [0.25, 0.3) is 10.6 Å². The molecule has 3 heterocycles. The molecule has 2 aromatic heterocycles. The minimum absolute atomic E-state index is 0.0351. The Labute approximate surface area is 173 Å². The molecule has 1 aliphatic heterocycles. The van der Waals surface area contributed by atoms with Gasteiger partial charge in [0, 0.05) is 35.7 Å². The molecule has 150 valence electrons. The third-order valence-electron chi connectivity index (χ3n) is 5.20. The zero-order valence-corrected chi connectivity index (χ0v) is 16.8. The van der Waals surface area contributed by atoms with Gasteiger partial charge < -0.3 is 15.1 Å². The molecule has 6 nitrogen and oxygen atoms in total. The molecule has 0 saturated carbocycles. The lowest BCUT2D eigenvalue weighted by atomic mass is 9.87. The first-order valence-electron chi connectivity index (χ1n) is 9.72. The lowest BCUT2D eigenvalue weighted by Gasteiger charge is -2.28. The molecule has 1 aliphatic rings. The third kappa shape index (κ3) is 4.92. The highest BCUT2D eigenvalue weighted by atomic mass is 32.1. The maximum absolute atomic E-state index is 12.4. The van der Waals surface area contributed by atoms with E-state index >= 15 is 0 Å². The fourth-order valence-corrected chi connectivity index (χ4v) is 4.49. The number of benzene rings is 1. The number of thiazole rings is 1. The van der Waals surface area contributed by atoms with E-state index in [9.17, 15) is 9.59 Å². The van der Waals surface area contributed by atoms with Crippen molar-refractivity contribution in [2.24, 2.45) is 0 Å². The Kier molecular flexibility index (Phi) is 5.76. The number of nitrogens with one attached hydrogen (secondary N) is 2. The van der Waals surface area contributed by atoms with Gasteiger partial charge in [-0.3, -0.25) is 9.59 Å². The first kappa shape index (κ1) is 19.4. The molecule has 0 spiro atoms. The fourth-order valence-electron chi connectivity index (χ4n) is 3.66. The van der Waals surface area contributed by atoms with Crippen LogP contribution in [0, 0.1) is 0 Å². The smallest absolute Gasteiger partial charge is 0.220 e. The molecule has 1 atom stereocenters. The van der Waals surface area contributed by atoms with Crippen LogP contribution in [-0.2, 0) is 22.6 Å². The molecule has 7 heteroatoms. The molecule has 2 N–H and O–H groups in total. The molecule has 1 fully saturated rings. The summed E-state index contributed by atoms with van der Waals surface area (Å²) in [5, 5.41) is 8.93. The number of carbonyl (C=O) groups is 2. The van der Waals surface area contributed by atoms with E-state index in [1.54, 1.807) is 17.6 Å². The average molecular weight is 410 g/mol. The van der Waals surface area contributed by atoms with Crippen molar-refractivity contribution in [1.29, 1.82) is 0 Å². The Morgan fingerprint density at radius 1 is 1.24 bits per heavy atom. The molecular formula is C22H23N3O3S. The van der Waals surface area contributed by atoms with Crippen LogP contribution in [0.4, 0.5) is 0 Å². The Morgan fingerprint density at radius 3 is 2.83 bits per heavy atom. The van der Waals surface area contributed by atoms with Crippen LogP contribution in [0.5, 0.6) is 0 Å². The van der Waals surface area contributed by atoms with Crippen LogP contribution >= 0.6 is 11.3 Å². The lowest BCUT2D eigenvalue weighted by Crippen LogP contribution is -2.44. The minimum Gasteiger partial charge on any atom is -0.469 e. The second-order valence-corrected chi connectivity index (χ2v) is 8.23. The summed E-state index contributed by atoms with van der Waals surface area (Å²) in [5.74, 6) is 0.815. The number of nitrogens with zero attached hydrogens (tertiary/aromatic N) is 1. The summed E-state index contributed by atoms with van der Waals surface area (Å²) in [5.41, 5.74) is 1.52. The highest BCUT2D eigenvalue weighted by molar-refractivity contribution is 7.13. The summed E-state index contributed by atoms with van der Waals surface area (Å²) < 4.78 is 5.45. The second-order valence-electron chi connectivity index (χ2n) is 7.37. The Balaban J connectivity index is 1.30. The predicted molar refractivity (Wildman–Crippen MR) is 111 cm³/mol. The summed E-state index contributed by atoms with van der Waals surface area (Å²) >= 11 is 1.57. The number of rotatable bonds is 8. The summed E-state index contributed by atoms with van der Waals surface area (Å²) in [6.45, 7) is 0.402. The lowest BCUT2D eigenvalue weighted by molar-refractivity contribution is -0.123. The number of amides is 2. The number of furan rings is 1. The van der Waals surface area contributed by atoms with Gasteiger partial charge in [-0.2, -0.15) is 0 Å². The van der Waals surface area contributed by atoms with Crippen molar-refractivity contribution in [3.05, 3.63) is 65.6 Å². The van der Waals surface area contributed by atoms with E-state index in [4.69, 9.17) is 4.42 Å². The first-order valence-corrected chi connectivity index (χ1v) is 10.6. The maximum Gasteiger partial charge on any atom is 0.220 e. The van der Waals surface area contributed by atoms with Gasteiger partial charge in [-0.25, -0.2) is 4.98 Å². The molecule has 4 rings (SSSR count). The zero-order chi connectivity index (χ0) is 20.1. The topological polar surface area (TPSA) is 84.2 Å². The van der Waals surface area contributed by atoms with Crippen LogP contribution < -0.4 is 10.6 Å². The number of hydrogen-bond donors (Lipinski definition) is 2. The van der Waals surface area contributed by atoms with Crippen LogP contribution in [0.2, 0.25) is 0 Å². The average Bonchev–Trinajstić information content (AvgIpc) is 3.48. The van der Waals surface area contributed by atoms with E-state index in [0.717, 1.165) is 22.0 Å². The van der Waals surface area contributed by atoms with Gasteiger partial charge in [-0.1, -0.05) is 30.3 Å². The van der Waals surface area contributed by atoms with E-state index in [-0.39, 0.29) is 11.8 Å². The second kappa shape index (κ2) is 8.61. The quantitative estimate of drug-likeness (QED) is 0.594. The summed E-state index contributed by atoms with van der Waals surface area (Å²) in [7, 11) is 0. The van der Waals surface area contributed by atoms with Crippen LogP contribution in [0.15, 0.2) is 58.5 Å². The van der Waals surface area contributed by atoms with Gasteiger partial charge in [0.15, 0.2) is 0 Å². The van der Waals surface area contributed by atoms with Crippen LogP contribution in [-0.4, -0.2) is 22.3 Å². The molecule has 29 heavy (non-hydrogen) atoms. The number of hydrogen-bond acceptors (Lipinski definition) is 5. The van der Waals surface area contributed by atoms with Gasteiger partial charge in [-0.05, 0) is 25.0 Å². The van der Waals surface area contributed by atoms with Crippen molar-refractivity contribution in [2.45, 2.75) is 44.2 Å².